The maximum Gasteiger partial charge on any atom is 0.236 e. The van der Waals surface area contributed by atoms with E-state index in [1.807, 2.05) is 4.90 Å². The summed E-state index contributed by atoms with van der Waals surface area (Å²) in [7, 11) is 3.61. The van der Waals surface area contributed by atoms with E-state index in [0.717, 1.165) is 39.3 Å². The summed E-state index contributed by atoms with van der Waals surface area (Å²) in [5.74, 6) is 0.917. The number of amides is 2. The lowest BCUT2D eigenvalue weighted by molar-refractivity contribution is -0.131. The van der Waals surface area contributed by atoms with Gasteiger partial charge in [0, 0.05) is 66.3 Å². The number of carbonyl (C=O) groups excluding carboxylic acids is 2. The van der Waals surface area contributed by atoms with Crippen molar-refractivity contribution in [1.82, 2.24) is 19.6 Å². The van der Waals surface area contributed by atoms with E-state index in [1.54, 1.807) is 25.9 Å². The van der Waals surface area contributed by atoms with Gasteiger partial charge in [-0.15, -0.1) is 0 Å². The summed E-state index contributed by atoms with van der Waals surface area (Å²) in [5, 5.41) is 0. The monoisotopic (exact) mass is 296 g/mol. The molecule has 2 rings (SSSR count). The molecule has 0 aromatic rings. The molecule has 0 N–H and O–H groups in total. The largest absolute Gasteiger partial charge is 0.348 e. The highest BCUT2D eigenvalue weighted by Gasteiger charge is 2.36. The standard InChI is InChI=1S/C15H28N4O2/c1-12-9-17(11-15(21)16(3)4)10-14(12)19-7-5-18(6-8-19)13(2)20/h12,14H,5-11H2,1-4H3/t12-,14-/m1/s1. The molecule has 2 aliphatic heterocycles. The Bertz CT molecular complexity index is 391. The van der Waals surface area contributed by atoms with E-state index in [1.165, 1.54) is 0 Å². The number of nitrogens with zero attached hydrogens (tertiary/aromatic N) is 4. The minimum absolute atomic E-state index is 0.171. The summed E-state index contributed by atoms with van der Waals surface area (Å²) in [5.41, 5.74) is 0. The van der Waals surface area contributed by atoms with Crippen LogP contribution in [0.2, 0.25) is 0 Å². The second-order valence-electron chi connectivity index (χ2n) is 6.57. The first-order valence-electron chi connectivity index (χ1n) is 7.80. The average Bonchev–Trinajstić information content (AvgIpc) is 2.79. The molecule has 0 bridgehead atoms. The van der Waals surface area contributed by atoms with Crippen LogP contribution in [0.15, 0.2) is 0 Å². The lowest BCUT2D eigenvalue weighted by Gasteiger charge is -2.39. The van der Waals surface area contributed by atoms with Crippen LogP contribution < -0.4 is 0 Å². The Kier molecular flexibility index (Phi) is 5.22. The van der Waals surface area contributed by atoms with E-state index < -0.39 is 0 Å². The fourth-order valence-corrected chi connectivity index (χ4v) is 3.35. The van der Waals surface area contributed by atoms with Crippen LogP contribution in [0.1, 0.15) is 13.8 Å². The minimum Gasteiger partial charge on any atom is -0.348 e. The third kappa shape index (κ3) is 3.95. The quantitative estimate of drug-likeness (QED) is 0.708. The number of hydrogen-bond donors (Lipinski definition) is 0. The number of hydrogen-bond acceptors (Lipinski definition) is 4. The van der Waals surface area contributed by atoms with Crippen LogP contribution in [0.4, 0.5) is 0 Å². The van der Waals surface area contributed by atoms with E-state index in [-0.39, 0.29) is 11.8 Å². The maximum absolute atomic E-state index is 11.8. The van der Waals surface area contributed by atoms with Crippen molar-refractivity contribution in [1.29, 1.82) is 0 Å². The van der Waals surface area contributed by atoms with Gasteiger partial charge >= 0.3 is 0 Å². The van der Waals surface area contributed by atoms with Gasteiger partial charge in [0.15, 0.2) is 0 Å². The zero-order chi connectivity index (χ0) is 15.6. The Labute approximate surface area is 127 Å². The second-order valence-corrected chi connectivity index (χ2v) is 6.57. The van der Waals surface area contributed by atoms with Gasteiger partial charge in [0.25, 0.3) is 0 Å². The average molecular weight is 296 g/mol. The van der Waals surface area contributed by atoms with E-state index in [2.05, 4.69) is 16.7 Å². The van der Waals surface area contributed by atoms with Crippen molar-refractivity contribution in [3.05, 3.63) is 0 Å². The molecule has 0 saturated carbocycles. The van der Waals surface area contributed by atoms with Gasteiger partial charge in [-0.2, -0.15) is 0 Å². The molecule has 0 unspecified atom stereocenters. The molecule has 2 fully saturated rings. The normalized spacial score (nSPS) is 27.9. The van der Waals surface area contributed by atoms with Gasteiger partial charge in [0.1, 0.15) is 0 Å². The van der Waals surface area contributed by atoms with Crippen LogP contribution in [0.25, 0.3) is 0 Å². The van der Waals surface area contributed by atoms with Gasteiger partial charge in [-0.25, -0.2) is 0 Å². The van der Waals surface area contributed by atoms with Crippen molar-refractivity contribution in [2.75, 3.05) is 59.9 Å². The molecule has 0 aromatic heterocycles. The zero-order valence-electron chi connectivity index (χ0n) is 13.7. The number of carbonyl (C=O) groups is 2. The molecule has 0 spiro atoms. The fraction of sp³-hybridized carbons (Fsp3) is 0.867. The molecular weight excluding hydrogens is 268 g/mol. The second kappa shape index (κ2) is 6.75. The highest BCUT2D eigenvalue weighted by Crippen LogP contribution is 2.22. The Morgan fingerprint density at radius 2 is 1.71 bits per heavy atom. The smallest absolute Gasteiger partial charge is 0.236 e. The Hall–Kier alpha value is -1.14. The molecule has 6 heteroatoms. The molecular formula is C15H28N4O2. The van der Waals surface area contributed by atoms with Crippen molar-refractivity contribution in [2.24, 2.45) is 5.92 Å². The summed E-state index contributed by atoms with van der Waals surface area (Å²) in [6.07, 6.45) is 0. The van der Waals surface area contributed by atoms with Crippen molar-refractivity contribution in [2.45, 2.75) is 19.9 Å². The van der Waals surface area contributed by atoms with Gasteiger partial charge in [-0.3, -0.25) is 19.4 Å². The summed E-state index contributed by atoms with van der Waals surface area (Å²) in [6, 6.07) is 0.508. The van der Waals surface area contributed by atoms with Crippen LogP contribution >= 0.6 is 0 Å². The van der Waals surface area contributed by atoms with E-state index >= 15 is 0 Å². The van der Waals surface area contributed by atoms with Gasteiger partial charge in [-0.05, 0) is 5.92 Å². The molecule has 2 aliphatic rings. The van der Waals surface area contributed by atoms with Crippen molar-refractivity contribution >= 4 is 11.8 Å². The molecule has 2 heterocycles. The molecule has 0 aliphatic carbocycles. The molecule has 0 radical (unpaired) electrons. The number of rotatable bonds is 3. The van der Waals surface area contributed by atoms with E-state index in [9.17, 15) is 9.59 Å². The zero-order valence-corrected chi connectivity index (χ0v) is 13.7. The molecule has 120 valence electrons. The molecule has 2 saturated heterocycles. The van der Waals surface area contributed by atoms with Crippen molar-refractivity contribution in [3.8, 4) is 0 Å². The maximum atomic E-state index is 11.8. The third-order valence-electron chi connectivity index (χ3n) is 4.73. The summed E-state index contributed by atoms with van der Waals surface area (Å²) >= 11 is 0. The third-order valence-corrected chi connectivity index (χ3v) is 4.73. The van der Waals surface area contributed by atoms with E-state index in [4.69, 9.17) is 0 Å². The SMILES string of the molecule is CC(=O)N1CCN([C@@H]2CN(CC(=O)N(C)C)C[C@H]2C)CC1. The Balaban J connectivity index is 1.85. The van der Waals surface area contributed by atoms with Crippen molar-refractivity contribution in [3.63, 3.8) is 0 Å². The first-order chi connectivity index (χ1) is 9.88. The van der Waals surface area contributed by atoms with E-state index in [0.29, 0.717) is 18.5 Å². The highest BCUT2D eigenvalue weighted by molar-refractivity contribution is 5.77. The predicted octanol–water partition coefficient (Wildman–Crippen LogP) is -0.441. The Morgan fingerprint density at radius 3 is 2.24 bits per heavy atom. The lowest BCUT2D eigenvalue weighted by Crippen LogP contribution is -2.53. The van der Waals surface area contributed by atoms with Crippen LogP contribution in [-0.2, 0) is 9.59 Å². The topological polar surface area (TPSA) is 47.1 Å². The van der Waals surface area contributed by atoms with Crippen LogP contribution in [-0.4, -0.2) is 97.4 Å². The highest BCUT2D eigenvalue weighted by atomic mass is 16.2. The van der Waals surface area contributed by atoms with Crippen LogP contribution in [0.3, 0.4) is 0 Å². The van der Waals surface area contributed by atoms with Crippen LogP contribution in [0, 0.1) is 5.92 Å². The predicted molar refractivity (Wildman–Crippen MR) is 81.9 cm³/mol. The minimum atomic E-state index is 0.171. The first kappa shape index (κ1) is 16.2. The van der Waals surface area contributed by atoms with Gasteiger partial charge in [0.2, 0.25) is 11.8 Å². The van der Waals surface area contributed by atoms with Crippen LogP contribution in [0.5, 0.6) is 0 Å². The number of likely N-dealkylation sites (N-methyl/N-ethyl adjacent to an activating group) is 1. The lowest BCUT2D eigenvalue weighted by atomic mass is 10.0. The van der Waals surface area contributed by atoms with Gasteiger partial charge < -0.3 is 9.80 Å². The Morgan fingerprint density at radius 1 is 1.10 bits per heavy atom. The molecule has 2 amide bonds. The first-order valence-corrected chi connectivity index (χ1v) is 7.80. The van der Waals surface area contributed by atoms with Gasteiger partial charge in [-0.1, -0.05) is 6.92 Å². The molecule has 2 atom stereocenters. The number of likely N-dealkylation sites (tertiary alicyclic amines) is 1. The van der Waals surface area contributed by atoms with Gasteiger partial charge in [0.05, 0.1) is 6.54 Å². The molecule has 21 heavy (non-hydrogen) atoms. The fourth-order valence-electron chi connectivity index (χ4n) is 3.35. The summed E-state index contributed by atoms with van der Waals surface area (Å²) < 4.78 is 0. The van der Waals surface area contributed by atoms with Crippen molar-refractivity contribution < 1.29 is 9.59 Å². The molecule has 0 aromatic carbocycles. The summed E-state index contributed by atoms with van der Waals surface area (Å²) in [4.78, 5) is 31.5. The summed E-state index contributed by atoms with van der Waals surface area (Å²) in [6.45, 7) is 9.92. The number of piperazine rings is 1. The molecule has 6 nitrogen and oxygen atoms in total.